The van der Waals surface area contributed by atoms with E-state index in [4.69, 9.17) is 14.2 Å². The molecule has 0 aromatic rings. The number of aliphatic hydroxyl groups excluding tert-OH is 5. The fourth-order valence-corrected chi connectivity index (χ4v) is 7.71. The molecule has 0 radical (unpaired) electrons. The predicted molar refractivity (Wildman–Crippen MR) is 273 cm³/mol. The van der Waals surface area contributed by atoms with Gasteiger partial charge in [-0.1, -0.05) is 209 Å². The number of unbranched alkanes of at least 4 members (excludes halogenated alkanes) is 20. The molecular formula is C56H95NO10. The normalized spacial score (nSPS) is 20.7. The molecular weight excluding hydrogens is 847 g/mol. The van der Waals surface area contributed by atoms with Gasteiger partial charge in [-0.2, -0.15) is 0 Å². The highest BCUT2D eigenvalue weighted by Gasteiger charge is 2.47. The molecule has 0 spiro atoms. The largest absolute Gasteiger partial charge is 0.454 e. The van der Waals surface area contributed by atoms with Crippen LogP contribution >= 0.6 is 0 Å². The zero-order valence-electron chi connectivity index (χ0n) is 42.0. The quantitative estimate of drug-likeness (QED) is 0.0150. The Bertz CT molecular complexity index is 1410. The smallest absolute Gasteiger partial charge is 0.306 e. The molecule has 1 aliphatic rings. The number of hydrogen-bond acceptors (Lipinski definition) is 10. The van der Waals surface area contributed by atoms with Crippen LogP contribution in [0, 0.1) is 0 Å². The average Bonchev–Trinajstić information content (AvgIpc) is 3.32. The number of amides is 1. The minimum atomic E-state index is -1.62. The number of rotatable bonds is 42. The number of allylic oxidation sites excluding steroid dienone is 13. The van der Waals surface area contributed by atoms with Gasteiger partial charge in [0, 0.05) is 6.42 Å². The molecule has 0 aliphatic carbocycles. The van der Waals surface area contributed by atoms with Crippen LogP contribution in [-0.4, -0.2) is 99.6 Å². The van der Waals surface area contributed by atoms with E-state index < -0.39 is 67.4 Å². The maximum Gasteiger partial charge on any atom is 0.306 e. The summed E-state index contributed by atoms with van der Waals surface area (Å²) in [5, 5.41) is 56.6. The average molecular weight is 942 g/mol. The zero-order chi connectivity index (χ0) is 49.0. The van der Waals surface area contributed by atoms with Crippen molar-refractivity contribution in [3.05, 3.63) is 85.1 Å². The Morgan fingerprint density at radius 3 is 1.60 bits per heavy atom. The van der Waals surface area contributed by atoms with Gasteiger partial charge < -0.3 is 45.1 Å². The fourth-order valence-electron chi connectivity index (χ4n) is 7.71. The highest BCUT2D eigenvalue weighted by molar-refractivity contribution is 5.80. The number of aliphatic hydroxyl groups is 5. The van der Waals surface area contributed by atoms with Crippen LogP contribution in [0.2, 0.25) is 0 Å². The molecule has 1 saturated heterocycles. The Balaban J connectivity index is 2.78. The van der Waals surface area contributed by atoms with E-state index in [0.29, 0.717) is 12.8 Å². The topological polar surface area (TPSA) is 175 Å². The molecule has 1 fully saturated rings. The van der Waals surface area contributed by atoms with E-state index in [9.17, 15) is 35.1 Å². The molecule has 11 heteroatoms. The van der Waals surface area contributed by atoms with Crippen LogP contribution < -0.4 is 5.32 Å². The van der Waals surface area contributed by atoms with Gasteiger partial charge in [0.2, 0.25) is 5.91 Å². The number of carbonyl (C=O) groups excluding carboxylic acids is 2. The van der Waals surface area contributed by atoms with Gasteiger partial charge in [0.1, 0.15) is 24.4 Å². The first-order valence-electron chi connectivity index (χ1n) is 26.4. The predicted octanol–water partition coefficient (Wildman–Crippen LogP) is 11.0. The molecule has 0 aromatic carbocycles. The minimum absolute atomic E-state index is 0.103. The zero-order valence-corrected chi connectivity index (χ0v) is 42.0. The number of ether oxygens (including phenoxy) is 3. The van der Waals surface area contributed by atoms with Crippen LogP contribution in [0.15, 0.2) is 85.1 Å². The first kappa shape index (κ1) is 61.9. The molecule has 1 rings (SSSR count). The summed E-state index contributed by atoms with van der Waals surface area (Å²) in [6.45, 7) is 5.45. The van der Waals surface area contributed by atoms with E-state index in [1.807, 2.05) is 42.5 Å². The first-order valence-corrected chi connectivity index (χ1v) is 26.4. The van der Waals surface area contributed by atoms with E-state index in [1.165, 1.54) is 38.5 Å². The lowest BCUT2D eigenvalue weighted by Gasteiger charge is -2.41. The molecule has 1 aliphatic heterocycles. The van der Waals surface area contributed by atoms with Gasteiger partial charge in [-0.25, -0.2) is 0 Å². The van der Waals surface area contributed by atoms with Crippen molar-refractivity contribution in [1.82, 2.24) is 5.32 Å². The molecule has 0 aromatic heterocycles. The van der Waals surface area contributed by atoms with Crippen LogP contribution in [-0.2, 0) is 23.8 Å². The maximum atomic E-state index is 13.3. The van der Waals surface area contributed by atoms with Crippen LogP contribution in [0.25, 0.3) is 0 Å². The van der Waals surface area contributed by atoms with Gasteiger partial charge in [-0.05, 0) is 64.2 Å². The molecule has 0 bridgehead atoms. The van der Waals surface area contributed by atoms with Crippen LogP contribution in [0.5, 0.6) is 0 Å². The lowest BCUT2D eigenvalue weighted by atomic mass is 9.99. The maximum absolute atomic E-state index is 13.3. The molecule has 67 heavy (non-hydrogen) atoms. The van der Waals surface area contributed by atoms with Crippen molar-refractivity contribution in [3.63, 3.8) is 0 Å². The molecule has 11 nitrogen and oxygen atoms in total. The third-order valence-electron chi connectivity index (χ3n) is 11.9. The number of hydrogen-bond donors (Lipinski definition) is 6. The van der Waals surface area contributed by atoms with Gasteiger partial charge in [-0.3, -0.25) is 9.59 Å². The summed E-state index contributed by atoms with van der Waals surface area (Å²) >= 11 is 0. The van der Waals surface area contributed by atoms with E-state index in [0.717, 1.165) is 109 Å². The van der Waals surface area contributed by atoms with Crippen LogP contribution in [0.4, 0.5) is 0 Å². The first-order chi connectivity index (χ1) is 32.7. The molecule has 1 heterocycles. The molecule has 8 unspecified atom stereocenters. The van der Waals surface area contributed by atoms with Gasteiger partial charge in [0.05, 0.1) is 25.4 Å². The molecule has 0 saturated carbocycles. The lowest BCUT2D eigenvalue weighted by molar-refractivity contribution is -0.305. The highest BCUT2D eigenvalue weighted by Crippen LogP contribution is 2.26. The van der Waals surface area contributed by atoms with Gasteiger partial charge in [0.15, 0.2) is 12.4 Å². The Labute approximate surface area is 406 Å². The third kappa shape index (κ3) is 33.1. The Morgan fingerprint density at radius 1 is 0.597 bits per heavy atom. The Kier molecular flexibility index (Phi) is 40.7. The van der Waals surface area contributed by atoms with Crippen molar-refractivity contribution in [2.75, 3.05) is 13.2 Å². The number of esters is 1. The second kappa shape index (κ2) is 44.1. The second-order valence-electron chi connectivity index (χ2n) is 18.0. The van der Waals surface area contributed by atoms with Crippen molar-refractivity contribution < 1.29 is 49.3 Å². The van der Waals surface area contributed by atoms with E-state index >= 15 is 0 Å². The highest BCUT2D eigenvalue weighted by atomic mass is 16.7. The summed E-state index contributed by atoms with van der Waals surface area (Å²) in [6, 6.07) is -1.04. The van der Waals surface area contributed by atoms with Crippen LogP contribution in [0.1, 0.15) is 194 Å². The van der Waals surface area contributed by atoms with Crippen molar-refractivity contribution in [2.45, 2.75) is 243 Å². The van der Waals surface area contributed by atoms with Crippen LogP contribution in [0.3, 0.4) is 0 Å². The SMILES string of the molecule is CC/C=C/C=C/C=C\CCCCCCC(O)C(=O)NC(COC1OC(CO)C(O)C(O)C1OC(=O)CCCCCCCCC/C=C/C=C/C=C/CC)C(O)/C=C/CCCCCCCCCCC. The molecule has 384 valence electrons. The van der Waals surface area contributed by atoms with Crippen molar-refractivity contribution in [1.29, 1.82) is 0 Å². The molecule has 8 atom stereocenters. The Morgan fingerprint density at radius 2 is 1.07 bits per heavy atom. The second-order valence-corrected chi connectivity index (χ2v) is 18.0. The van der Waals surface area contributed by atoms with E-state index in [1.54, 1.807) is 6.08 Å². The monoisotopic (exact) mass is 942 g/mol. The minimum Gasteiger partial charge on any atom is -0.454 e. The summed E-state index contributed by atoms with van der Waals surface area (Å²) < 4.78 is 17.5. The third-order valence-corrected chi connectivity index (χ3v) is 11.9. The van der Waals surface area contributed by atoms with Crippen molar-refractivity contribution in [3.8, 4) is 0 Å². The standard InChI is InChI=1S/C56H95NO10/c1-4-7-10-13-16-19-22-24-25-26-29-32-35-38-41-44-51(61)67-54-53(63)52(62)50(45-58)66-56(54)65-46-47(48(59)42-39-36-33-30-27-21-18-15-12-9-6-3)57-55(64)49(60)43-40-37-34-31-28-23-20-17-14-11-8-5-2/h7-8,10-11,13-14,16-17,19-20,22-23,39,42,47-50,52-54,56,58-60,62-63H,4-6,9,12,15,18,21,24-38,40-41,43-46H2,1-3H3,(H,57,64)/b10-7+,11-8+,16-13+,17-14+,22-19+,23-20-,42-39+. The molecule has 6 N–H and O–H groups in total. The number of nitrogens with one attached hydrogen (secondary N) is 1. The van der Waals surface area contributed by atoms with E-state index in [-0.39, 0.29) is 19.4 Å². The van der Waals surface area contributed by atoms with E-state index in [2.05, 4.69) is 62.5 Å². The summed E-state index contributed by atoms with van der Waals surface area (Å²) in [4.78, 5) is 26.3. The summed E-state index contributed by atoms with van der Waals surface area (Å²) in [5.74, 6) is -1.24. The molecule has 1 amide bonds. The van der Waals surface area contributed by atoms with Crippen molar-refractivity contribution >= 4 is 11.9 Å². The Hall–Kier alpha value is -3.16. The summed E-state index contributed by atoms with van der Waals surface area (Å²) in [6.07, 6.45) is 44.9. The fraction of sp³-hybridized carbons (Fsp3) is 0.714. The number of carbonyl (C=O) groups is 2. The van der Waals surface area contributed by atoms with Gasteiger partial charge >= 0.3 is 5.97 Å². The lowest BCUT2D eigenvalue weighted by Crippen LogP contribution is -2.61. The van der Waals surface area contributed by atoms with Gasteiger partial charge in [0.25, 0.3) is 0 Å². The summed E-state index contributed by atoms with van der Waals surface area (Å²) in [7, 11) is 0. The van der Waals surface area contributed by atoms with Crippen molar-refractivity contribution in [2.24, 2.45) is 0 Å². The van der Waals surface area contributed by atoms with Gasteiger partial charge in [-0.15, -0.1) is 0 Å². The summed E-state index contributed by atoms with van der Waals surface area (Å²) in [5.41, 5.74) is 0.